The van der Waals surface area contributed by atoms with Gasteiger partial charge in [-0.05, 0) is 29.5 Å². The Morgan fingerprint density at radius 1 is 1.53 bits per heavy atom. The molecule has 4 heteroatoms. The lowest BCUT2D eigenvalue weighted by atomic mass is 9.79. The molecule has 1 aromatic carbocycles. The van der Waals surface area contributed by atoms with E-state index in [4.69, 9.17) is 15.6 Å². The lowest BCUT2D eigenvalue weighted by molar-refractivity contribution is -0.139. The Hall–Kier alpha value is -1.55. The summed E-state index contributed by atoms with van der Waals surface area (Å²) in [5, 5.41) is 8.84. The lowest BCUT2D eigenvalue weighted by Gasteiger charge is -2.27. The van der Waals surface area contributed by atoms with Gasteiger partial charge < -0.3 is 15.6 Å². The van der Waals surface area contributed by atoms with Gasteiger partial charge in [-0.3, -0.25) is 4.79 Å². The number of hydrogen-bond acceptors (Lipinski definition) is 3. The maximum atomic E-state index is 10.8. The molecule has 0 spiro atoms. The van der Waals surface area contributed by atoms with Gasteiger partial charge in [0.2, 0.25) is 0 Å². The van der Waals surface area contributed by atoms with E-state index in [1.165, 1.54) is 0 Å². The highest BCUT2D eigenvalue weighted by atomic mass is 16.5. The summed E-state index contributed by atoms with van der Waals surface area (Å²) >= 11 is 0. The second kappa shape index (κ2) is 5.19. The molecule has 0 fully saturated rings. The van der Waals surface area contributed by atoms with Crippen LogP contribution in [0.25, 0.3) is 0 Å². The van der Waals surface area contributed by atoms with Gasteiger partial charge >= 0.3 is 5.97 Å². The molecule has 1 rings (SSSR count). The minimum Gasteiger partial charge on any atom is -0.497 e. The molecular formula is C13H19NO3. The number of ether oxygens (including phenoxy) is 1. The van der Waals surface area contributed by atoms with Crippen molar-refractivity contribution in [3.05, 3.63) is 29.8 Å². The Balaban J connectivity index is 2.91. The van der Waals surface area contributed by atoms with Gasteiger partial charge in [0.25, 0.3) is 0 Å². The zero-order valence-corrected chi connectivity index (χ0v) is 10.4. The van der Waals surface area contributed by atoms with Crippen molar-refractivity contribution in [3.63, 3.8) is 0 Å². The Morgan fingerprint density at radius 2 is 2.18 bits per heavy atom. The molecule has 0 saturated heterocycles. The Kier molecular flexibility index (Phi) is 4.12. The summed E-state index contributed by atoms with van der Waals surface area (Å²) in [6.07, 6.45) is 0.384. The minimum absolute atomic E-state index is 0.299. The third kappa shape index (κ3) is 3.46. The van der Waals surface area contributed by atoms with Crippen LogP contribution in [-0.2, 0) is 10.2 Å². The van der Waals surface area contributed by atoms with Crippen molar-refractivity contribution in [1.29, 1.82) is 0 Å². The highest BCUT2D eigenvalue weighted by Gasteiger charge is 2.27. The molecule has 0 aliphatic heterocycles. The van der Waals surface area contributed by atoms with Crippen LogP contribution in [0.4, 0.5) is 0 Å². The van der Waals surface area contributed by atoms with Crippen LogP contribution in [-0.4, -0.2) is 24.2 Å². The fraction of sp³-hybridized carbons (Fsp3) is 0.462. The number of carboxylic acids is 1. The van der Waals surface area contributed by atoms with Crippen molar-refractivity contribution in [3.8, 4) is 5.75 Å². The standard InChI is InChI=1S/C13H19NO3/c1-13(2,8-11(14)12(15)16)9-5-4-6-10(7-9)17-3/h4-7,11H,8,14H2,1-3H3,(H,15,16). The molecule has 0 radical (unpaired) electrons. The Morgan fingerprint density at radius 3 is 2.71 bits per heavy atom. The van der Waals surface area contributed by atoms with E-state index >= 15 is 0 Å². The Labute approximate surface area is 101 Å². The van der Waals surface area contributed by atoms with Crippen LogP contribution in [0.2, 0.25) is 0 Å². The minimum atomic E-state index is -0.971. The molecule has 94 valence electrons. The molecule has 17 heavy (non-hydrogen) atoms. The first-order chi connectivity index (χ1) is 7.86. The SMILES string of the molecule is COc1cccc(C(C)(C)CC(N)C(=O)O)c1. The lowest BCUT2D eigenvalue weighted by Crippen LogP contribution is -2.36. The largest absolute Gasteiger partial charge is 0.497 e. The van der Waals surface area contributed by atoms with Gasteiger partial charge in [-0.15, -0.1) is 0 Å². The third-order valence-electron chi connectivity index (χ3n) is 2.90. The number of methoxy groups -OCH3 is 1. The van der Waals surface area contributed by atoms with Gasteiger partial charge in [0.05, 0.1) is 7.11 Å². The average molecular weight is 237 g/mol. The van der Waals surface area contributed by atoms with Crippen molar-refractivity contribution < 1.29 is 14.6 Å². The molecule has 0 saturated carbocycles. The van der Waals surface area contributed by atoms with Crippen molar-refractivity contribution >= 4 is 5.97 Å². The third-order valence-corrected chi connectivity index (χ3v) is 2.90. The van der Waals surface area contributed by atoms with Crippen LogP contribution < -0.4 is 10.5 Å². The van der Waals surface area contributed by atoms with Crippen LogP contribution in [0.5, 0.6) is 5.75 Å². The number of aliphatic carboxylic acids is 1. The van der Waals surface area contributed by atoms with E-state index in [9.17, 15) is 4.79 Å². The highest BCUT2D eigenvalue weighted by Crippen LogP contribution is 2.30. The first kappa shape index (κ1) is 13.5. The molecule has 3 N–H and O–H groups in total. The fourth-order valence-corrected chi connectivity index (χ4v) is 1.80. The van der Waals surface area contributed by atoms with Crippen molar-refractivity contribution in [2.45, 2.75) is 31.7 Å². The topological polar surface area (TPSA) is 72.5 Å². The highest BCUT2D eigenvalue weighted by molar-refractivity contribution is 5.73. The Bertz CT molecular complexity index is 401. The number of rotatable bonds is 5. The van der Waals surface area contributed by atoms with E-state index in [-0.39, 0.29) is 5.41 Å². The molecular weight excluding hydrogens is 218 g/mol. The molecule has 0 aliphatic rings. The van der Waals surface area contributed by atoms with E-state index in [2.05, 4.69) is 0 Å². The molecule has 0 heterocycles. The number of benzene rings is 1. The summed E-state index contributed by atoms with van der Waals surface area (Å²) in [5.74, 6) is -0.208. The summed E-state index contributed by atoms with van der Waals surface area (Å²) < 4.78 is 5.15. The maximum absolute atomic E-state index is 10.8. The summed E-state index contributed by atoms with van der Waals surface area (Å²) in [5.41, 5.74) is 6.30. The summed E-state index contributed by atoms with van der Waals surface area (Å²) in [6, 6.07) is 6.76. The van der Waals surface area contributed by atoms with E-state index in [0.717, 1.165) is 11.3 Å². The first-order valence-corrected chi connectivity index (χ1v) is 5.50. The second-order valence-corrected chi connectivity index (χ2v) is 4.76. The monoisotopic (exact) mass is 237 g/mol. The quantitative estimate of drug-likeness (QED) is 0.818. The molecule has 0 bridgehead atoms. The van der Waals surface area contributed by atoms with Gasteiger partial charge in [0.15, 0.2) is 0 Å². The summed E-state index contributed by atoms with van der Waals surface area (Å²) in [6.45, 7) is 3.95. The van der Waals surface area contributed by atoms with Gasteiger partial charge in [0.1, 0.15) is 11.8 Å². The molecule has 0 amide bonds. The number of carbonyl (C=O) groups is 1. The summed E-state index contributed by atoms with van der Waals surface area (Å²) in [4.78, 5) is 10.8. The van der Waals surface area contributed by atoms with Crippen molar-refractivity contribution in [2.24, 2.45) is 5.73 Å². The number of nitrogens with two attached hydrogens (primary N) is 1. The zero-order valence-electron chi connectivity index (χ0n) is 10.4. The first-order valence-electron chi connectivity index (χ1n) is 5.50. The van der Waals surface area contributed by atoms with E-state index in [1.807, 2.05) is 38.1 Å². The molecule has 1 aromatic rings. The van der Waals surface area contributed by atoms with Gasteiger partial charge in [-0.25, -0.2) is 0 Å². The van der Waals surface area contributed by atoms with Crippen LogP contribution in [0, 0.1) is 0 Å². The second-order valence-electron chi connectivity index (χ2n) is 4.76. The van der Waals surface area contributed by atoms with Crippen LogP contribution >= 0.6 is 0 Å². The van der Waals surface area contributed by atoms with Crippen molar-refractivity contribution in [1.82, 2.24) is 0 Å². The normalized spacial score (nSPS) is 13.2. The van der Waals surface area contributed by atoms with Crippen molar-refractivity contribution in [2.75, 3.05) is 7.11 Å². The molecule has 1 unspecified atom stereocenters. The van der Waals surface area contributed by atoms with Gasteiger partial charge in [-0.1, -0.05) is 26.0 Å². The van der Waals surface area contributed by atoms with Crippen LogP contribution in [0.15, 0.2) is 24.3 Å². The van der Waals surface area contributed by atoms with E-state index in [1.54, 1.807) is 7.11 Å². The smallest absolute Gasteiger partial charge is 0.320 e. The molecule has 4 nitrogen and oxygen atoms in total. The molecule has 0 aromatic heterocycles. The number of carboxylic acid groups (broad SMARTS) is 1. The summed E-state index contributed by atoms with van der Waals surface area (Å²) in [7, 11) is 1.61. The van der Waals surface area contributed by atoms with E-state index < -0.39 is 12.0 Å². The zero-order chi connectivity index (χ0) is 13.1. The van der Waals surface area contributed by atoms with Crippen LogP contribution in [0.3, 0.4) is 0 Å². The average Bonchev–Trinajstić information content (AvgIpc) is 2.28. The van der Waals surface area contributed by atoms with E-state index in [0.29, 0.717) is 6.42 Å². The predicted molar refractivity (Wildman–Crippen MR) is 66.2 cm³/mol. The molecule has 0 aliphatic carbocycles. The fourth-order valence-electron chi connectivity index (χ4n) is 1.80. The predicted octanol–water partition coefficient (Wildman–Crippen LogP) is 1.77. The van der Waals surface area contributed by atoms with Gasteiger partial charge in [-0.2, -0.15) is 0 Å². The molecule has 1 atom stereocenters. The van der Waals surface area contributed by atoms with Crippen LogP contribution in [0.1, 0.15) is 25.8 Å². The maximum Gasteiger partial charge on any atom is 0.320 e. The van der Waals surface area contributed by atoms with Gasteiger partial charge in [0, 0.05) is 0 Å². The number of hydrogen-bond donors (Lipinski definition) is 2.